The van der Waals surface area contributed by atoms with Crippen LogP contribution in [0.2, 0.25) is 0 Å². The number of Topliss-reactive ketones (excluding diaryl/α,β-unsaturated/α-hetero) is 1. The van der Waals surface area contributed by atoms with Crippen LogP contribution in [0.25, 0.3) is 10.8 Å². The first-order chi connectivity index (χ1) is 23.4. The third-order valence-corrected chi connectivity index (χ3v) is 9.80. The molecule has 272 valence electrons. The molecule has 0 radical (unpaired) electrons. The van der Waals surface area contributed by atoms with Crippen LogP contribution in [0.15, 0.2) is 42.2 Å². The summed E-state index contributed by atoms with van der Waals surface area (Å²) in [6.07, 6.45) is 3.12. The fourth-order valence-electron chi connectivity index (χ4n) is 6.63. The molecule has 3 heterocycles. The number of phenols is 3. The zero-order valence-electron chi connectivity index (χ0n) is 30.6. The molecule has 5 rings (SSSR count). The number of carbonyl (C=O) groups is 3. The van der Waals surface area contributed by atoms with Gasteiger partial charge in [0.1, 0.15) is 23.4 Å². The van der Waals surface area contributed by atoms with Crippen LogP contribution in [0, 0.1) is 30.6 Å². The van der Waals surface area contributed by atoms with E-state index < -0.39 is 88.8 Å². The zero-order valence-corrected chi connectivity index (χ0v) is 32.6. The molecule has 1 amide bonds. The minimum absolute atomic E-state index is 0. The molecular weight excluding hydrogens is 673 g/mol. The van der Waals surface area contributed by atoms with E-state index in [1.54, 1.807) is 39.8 Å². The number of aliphatic hydroxyl groups is 1. The summed E-state index contributed by atoms with van der Waals surface area (Å²) < 4.78 is 23.1. The minimum atomic E-state index is -1.99. The van der Waals surface area contributed by atoms with Crippen LogP contribution in [0.5, 0.6) is 23.0 Å². The van der Waals surface area contributed by atoms with Gasteiger partial charge in [0.15, 0.2) is 5.75 Å². The molecule has 0 aromatic heterocycles. The number of allylic oxidation sites excluding steroid dienone is 2. The van der Waals surface area contributed by atoms with Crippen LogP contribution in [-0.2, 0) is 23.8 Å². The predicted octanol–water partition coefficient (Wildman–Crippen LogP) is 1.13. The summed E-state index contributed by atoms with van der Waals surface area (Å²) in [6.45, 7) is 12.3. The Morgan fingerprint density at radius 2 is 1.65 bits per heavy atom. The van der Waals surface area contributed by atoms with Gasteiger partial charge in [-0.3, -0.25) is 14.4 Å². The van der Waals surface area contributed by atoms with Gasteiger partial charge in [0, 0.05) is 55.4 Å². The fraction of sp³-hybridized carbons (Fsp3) is 0.486. The summed E-state index contributed by atoms with van der Waals surface area (Å²) in [4.78, 5) is 39.2. The Morgan fingerprint density at radius 3 is 2.25 bits per heavy atom. The van der Waals surface area contributed by atoms with E-state index in [1.807, 2.05) is 0 Å². The number of aliphatic hydroxyl groups excluding tert-OH is 1. The second kappa shape index (κ2) is 16.4. The van der Waals surface area contributed by atoms with Crippen molar-refractivity contribution < 1.29 is 88.4 Å². The number of nitrogens with one attached hydrogen (secondary N) is 1. The first-order valence-corrected chi connectivity index (χ1v) is 16.4. The summed E-state index contributed by atoms with van der Waals surface area (Å²) in [5, 5.41) is 60.4. The summed E-state index contributed by atoms with van der Waals surface area (Å²) >= 11 is 0. The van der Waals surface area contributed by atoms with Gasteiger partial charge in [-0.2, -0.15) is 0 Å². The second-order valence-corrected chi connectivity index (χ2v) is 13.4. The molecule has 51 heavy (non-hydrogen) atoms. The molecule has 5 N–H and O–H groups in total. The van der Waals surface area contributed by atoms with Gasteiger partial charge in [-0.1, -0.05) is 45.9 Å². The Bertz CT molecular complexity index is 1770. The smallest absolute Gasteiger partial charge is 0.851 e. The largest absolute Gasteiger partial charge is 1.00 e. The normalized spacial score (nSPS) is 31.9. The molecule has 0 aliphatic carbocycles. The Hall–Kier alpha value is -3.59. The maximum absolute atomic E-state index is 13.9. The van der Waals surface area contributed by atoms with Crippen molar-refractivity contribution >= 4 is 34.1 Å². The molecule has 0 saturated heterocycles. The molecule has 3 aliphatic rings. The van der Waals surface area contributed by atoms with Crippen molar-refractivity contribution in [1.82, 2.24) is 0 Å². The first-order valence-electron chi connectivity index (χ1n) is 16.4. The summed E-state index contributed by atoms with van der Waals surface area (Å²) in [7, 11) is 1.42. The maximum Gasteiger partial charge on any atom is 1.00 e. The van der Waals surface area contributed by atoms with Crippen molar-refractivity contribution in [3.8, 4) is 23.0 Å². The average Bonchev–Trinajstić information content (AvgIpc) is 3.33. The van der Waals surface area contributed by atoms with Gasteiger partial charge in [0.25, 0.3) is 11.7 Å². The van der Waals surface area contributed by atoms with Gasteiger partial charge in [0.05, 0.1) is 35.1 Å². The van der Waals surface area contributed by atoms with E-state index in [-0.39, 0.29) is 68.5 Å². The van der Waals surface area contributed by atoms with Gasteiger partial charge >= 0.3 is 41.3 Å². The van der Waals surface area contributed by atoms with Crippen LogP contribution in [-0.4, -0.2) is 75.4 Å². The first kappa shape index (κ1) is 41.8. The molecule has 2 aromatic rings. The van der Waals surface area contributed by atoms with Gasteiger partial charge in [-0.15, -0.1) is 6.10 Å². The van der Waals surface area contributed by atoms with E-state index in [4.69, 9.17) is 18.9 Å². The van der Waals surface area contributed by atoms with Crippen LogP contribution < -0.4 is 44.7 Å². The fourth-order valence-corrected chi connectivity index (χ4v) is 6.63. The topological polar surface area (TPSA) is 204 Å². The van der Waals surface area contributed by atoms with Crippen LogP contribution in [0.3, 0.4) is 0 Å². The molecule has 13 nitrogen and oxygen atoms in total. The Labute approximate surface area is 319 Å². The van der Waals surface area contributed by atoms with Crippen LogP contribution in [0.4, 0.5) is 5.69 Å². The van der Waals surface area contributed by atoms with Gasteiger partial charge < -0.3 is 49.8 Å². The van der Waals surface area contributed by atoms with Crippen molar-refractivity contribution in [3.05, 3.63) is 53.3 Å². The number of carbonyl (C=O) groups excluding carboxylic acids is 3. The number of amides is 1. The number of ether oxygens (including phenoxy) is 4. The number of hydrogen-bond donors (Lipinski definition) is 5. The zero-order chi connectivity index (χ0) is 37.4. The second-order valence-electron chi connectivity index (χ2n) is 13.4. The van der Waals surface area contributed by atoms with Gasteiger partial charge in [-0.05, 0) is 31.8 Å². The van der Waals surface area contributed by atoms with E-state index in [0.717, 1.165) is 6.07 Å². The number of esters is 1. The maximum atomic E-state index is 13.9. The minimum Gasteiger partial charge on any atom is -0.851 e. The third kappa shape index (κ3) is 8.08. The van der Waals surface area contributed by atoms with E-state index in [2.05, 4.69) is 5.32 Å². The number of fused-ring (bicyclic) bond motifs is 14. The van der Waals surface area contributed by atoms with E-state index in [0.29, 0.717) is 0 Å². The van der Waals surface area contributed by atoms with E-state index >= 15 is 0 Å². The molecule has 0 fully saturated rings. The van der Waals surface area contributed by atoms with Crippen molar-refractivity contribution in [1.29, 1.82) is 0 Å². The molecule has 3 aliphatic heterocycles. The Kier molecular flexibility index (Phi) is 13.4. The molecule has 0 spiro atoms. The average molecular weight is 720 g/mol. The quantitative estimate of drug-likeness (QED) is 0.128. The molecule has 9 atom stereocenters. The Morgan fingerprint density at radius 1 is 1.00 bits per heavy atom. The van der Waals surface area contributed by atoms with Gasteiger partial charge in [-0.25, -0.2) is 0 Å². The number of anilines is 1. The van der Waals surface area contributed by atoms with E-state index in [1.165, 1.54) is 53.2 Å². The van der Waals surface area contributed by atoms with Crippen molar-refractivity contribution in [3.63, 3.8) is 0 Å². The molecule has 0 unspecified atom stereocenters. The van der Waals surface area contributed by atoms with Crippen LogP contribution >= 0.6 is 0 Å². The van der Waals surface area contributed by atoms with Gasteiger partial charge in [0.2, 0.25) is 0 Å². The molecular formula is C37H46NNaO12. The number of phenolic OH excluding ortho intramolecular Hbond substituents is 3. The molecule has 14 heteroatoms. The standard InChI is InChI=1S/C37H46NO12.Na/c1-16-11-10-12-17(2)36(46)38-23-15-24(40)26-27(32(23)44)31(43)21(6)34-28(26)35(45)37(8,50-34)48-14-13-25(47-9)18(3)33(49-22(7)39)20(5)30(42)19(4)29(16)41;/h10-16,18-20,25,29-30,33,40-41,43-44H,1-9H3,(H,38,46);/q-1;+1/b11-10-,14-13?,17-12-;/t16-,18+,19+,20+,25-,29-,30+,33+,37-;/m0./s1. The number of aromatic hydroxyl groups is 3. The van der Waals surface area contributed by atoms with Crippen LogP contribution in [0.1, 0.15) is 64.4 Å². The third-order valence-electron chi connectivity index (χ3n) is 9.80. The SMILES string of the molecule is CO[C@H]1C=CO[C@@]2(C)Oc3c(C)c(O)c4c(O)c(cc(O)c4c3C2=O)NC(=O)/C(C)=C\C=C/[C@H](C)[C@H](O)[C@@H](C)[C@@H]([O-])[C@@H](C)[C@H](OC(C)=O)[C@@H]1C.[Na+]. The number of benzene rings is 2. The monoisotopic (exact) mass is 719 g/mol. The van der Waals surface area contributed by atoms with Crippen molar-refractivity contribution in [2.75, 3.05) is 12.4 Å². The summed E-state index contributed by atoms with van der Waals surface area (Å²) in [6, 6.07) is 1.06. The molecule has 0 saturated carbocycles. The number of ketones is 1. The van der Waals surface area contributed by atoms with Crippen molar-refractivity contribution in [2.45, 2.75) is 85.6 Å². The number of hydrogen-bond acceptors (Lipinski definition) is 12. The molecule has 5 bridgehead atoms. The van der Waals surface area contributed by atoms with Crippen molar-refractivity contribution in [2.24, 2.45) is 23.7 Å². The predicted molar refractivity (Wildman–Crippen MR) is 182 cm³/mol. The number of rotatable bonds is 2. The summed E-state index contributed by atoms with van der Waals surface area (Å²) in [5.74, 6) is -8.37. The van der Waals surface area contributed by atoms with E-state index in [9.17, 15) is 39.9 Å². The Balaban J connectivity index is 0.00000702. The number of methoxy groups -OCH3 is 1. The molecule has 2 aromatic carbocycles. The summed E-state index contributed by atoms with van der Waals surface area (Å²) in [5.41, 5.74) is -0.125.